The molecule has 144 valence electrons. The summed E-state index contributed by atoms with van der Waals surface area (Å²) in [5.41, 5.74) is 1.63. The first-order valence-electron chi connectivity index (χ1n) is 8.10. The number of alkyl halides is 3. The van der Waals surface area contributed by atoms with E-state index in [0.717, 1.165) is 35.4 Å². The van der Waals surface area contributed by atoms with Crippen LogP contribution in [0.15, 0.2) is 42.5 Å². The van der Waals surface area contributed by atoms with Crippen LogP contribution in [-0.4, -0.2) is 23.5 Å². The van der Waals surface area contributed by atoms with Gasteiger partial charge >= 0.3 is 18.0 Å². The molecule has 27 heavy (non-hydrogen) atoms. The fraction of sp³-hybridized carbons (Fsp3) is 0.263. The zero-order valence-corrected chi connectivity index (χ0v) is 14.7. The van der Waals surface area contributed by atoms with Gasteiger partial charge in [0, 0.05) is 12.2 Å². The largest absolute Gasteiger partial charge is 0.416 e. The van der Waals surface area contributed by atoms with E-state index >= 15 is 0 Å². The van der Waals surface area contributed by atoms with Crippen molar-refractivity contribution in [2.75, 3.05) is 11.9 Å². The molecular formula is C19H19F3N2O3. The molecule has 0 spiro atoms. The molecule has 0 saturated carbocycles. The number of aliphatic hydroxyl groups is 1. The molecule has 8 heteroatoms. The number of anilines is 1. The second-order valence-electron chi connectivity index (χ2n) is 6.05. The molecule has 3 N–H and O–H groups in total. The van der Waals surface area contributed by atoms with E-state index in [9.17, 15) is 27.9 Å². The lowest BCUT2D eigenvalue weighted by Crippen LogP contribution is -2.37. The van der Waals surface area contributed by atoms with Crippen LogP contribution >= 0.6 is 0 Å². The number of carbonyl (C=O) groups excluding carboxylic acids is 2. The van der Waals surface area contributed by atoms with Crippen molar-refractivity contribution in [1.29, 1.82) is 0 Å². The summed E-state index contributed by atoms with van der Waals surface area (Å²) in [6.07, 6.45) is -5.71. The lowest BCUT2D eigenvalue weighted by Gasteiger charge is -2.14. The highest BCUT2D eigenvalue weighted by Gasteiger charge is 2.30. The quantitative estimate of drug-likeness (QED) is 0.714. The van der Waals surface area contributed by atoms with Gasteiger partial charge in [0.15, 0.2) is 0 Å². The second kappa shape index (κ2) is 8.22. The Bertz CT molecular complexity index is 833. The first-order valence-corrected chi connectivity index (χ1v) is 8.10. The average Bonchev–Trinajstić information content (AvgIpc) is 2.62. The van der Waals surface area contributed by atoms with Gasteiger partial charge in [0.2, 0.25) is 0 Å². The zero-order chi connectivity index (χ0) is 20.2. The third-order valence-electron chi connectivity index (χ3n) is 4.14. The van der Waals surface area contributed by atoms with Crippen molar-refractivity contribution >= 4 is 17.5 Å². The lowest BCUT2D eigenvalue weighted by molar-refractivity contribution is -0.137. The van der Waals surface area contributed by atoms with Crippen LogP contribution < -0.4 is 10.6 Å². The molecule has 0 unspecified atom stereocenters. The first kappa shape index (κ1) is 20.4. The summed E-state index contributed by atoms with van der Waals surface area (Å²) in [6.45, 7) is 3.35. The van der Waals surface area contributed by atoms with Gasteiger partial charge in [-0.1, -0.05) is 24.3 Å². The number of halogens is 3. The van der Waals surface area contributed by atoms with Crippen molar-refractivity contribution in [3.05, 3.63) is 64.7 Å². The van der Waals surface area contributed by atoms with Crippen LogP contribution in [0.4, 0.5) is 18.9 Å². The summed E-state index contributed by atoms with van der Waals surface area (Å²) >= 11 is 0. The van der Waals surface area contributed by atoms with E-state index in [1.54, 1.807) is 19.1 Å². The minimum absolute atomic E-state index is 0.193. The number of aryl methyl sites for hydroxylation is 1. The molecule has 0 aliphatic heterocycles. The van der Waals surface area contributed by atoms with Crippen LogP contribution in [0.25, 0.3) is 0 Å². The Morgan fingerprint density at radius 1 is 1.04 bits per heavy atom. The first-order chi connectivity index (χ1) is 12.6. The smallest absolute Gasteiger partial charge is 0.387 e. The Hall–Kier alpha value is -2.87. The van der Waals surface area contributed by atoms with E-state index in [1.807, 2.05) is 13.0 Å². The highest BCUT2D eigenvalue weighted by molar-refractivity contribution is 6.39. The standard InChI is InChI=1S/C19H19F3N2O3/c1-11-4-3-5-15(12(11)2)24-18(27)17(26)23-10-16(25)13-6-8-14(9-7-13)19(20,21)22/h3-9,16,25H,10H2,1-2H3,(H,23,26)(H,24,27)/t16-/m1/s1. The fourth-order valence-corrected chi connectivity index (χ4v) is 2.35. The van der Waals surface area contributed by atoms with E-state index < -0.39 is 29.7 Å². The topological polar surface area (TPSA) is 78.4 Å². The lowest BCUT2D eigenvalue weighted by atomic mass is 10.1. The number of hydrogen-bond donors (Lipinski definition) is 3. The summed E-state index contributed by atoms with van der Waals surface area (Å²) in [5.74, 6) is -1.86. The molecule has 0 fully saturated rings. The Balaban J connectivity index is 1.92. The normalized spacial score (nSPS) is 12.4. The fourth-order valence-electron chi connectivity index (χ4n) is 2.35. The van der Waals surface area contributed by atoms with Crippen molar-refractivity contribution in [3.8, 4) is 0 Å². The monoisotopic (exact) mass is 380 g/mol. The average molecular weight is 380 g/mol. The number of carbonyl (C=O) groups is 2. The molecule has 0 radical (unpaired) electrons. The SMILES string of the molecule is Cc1cccc(NC(=O)C(=O)NC[C@@H](O)c2ccc(C(F)(F)F)cc2)c1C. The third-order valence-corrected chi connectivity index (χ3v) is 4.14. The van der Waals surface area contributed by atoms with Gasteiger partial charge in [-0.05, 0) is 48.7 Å². The number of benzene rings is 2. The van der Waals surface area contributed by atoms with Crippen LogP contribution in [0.1, 0.15) is 28.4 Å². The molecular weight excluding hydrogens is 361 g/mol. The van der Waals surface area contributed by atoms with E-state index in [0.29, 0.717) is 5.69 Å². The van der Waals surface area contributed by atoms with Crippen LogP contribution in [0.5, 0.6) is 0 Å². The Labute approximate surface area is 154 Å². The van der Waals surface area contributed by atoms with E-state index in [2.05, 4.69) is 10.6 Å². The molecule has 0 aliphatic rings. The summed E-state index contributed by atoms with van der Waals surface area (Å²) in [7, 11) is 0. The Morgan fingerprint density at radius 2 is 1.67 bits per heavy atom. The van der Waals surface area contributed by atoms with Gasteiger partial charge in [-0.25, -0.2) is 0 Å². The highest BCUT2D eigenvalue weighted by atomic mass is 19.4. The molecule has 0 bridgehead atoms. The highest BCUT2D eigenvalue weighted by Crippen LogP contribution is 2.29. The second-order valence-corrected chi connectivity index (χ2v) is 6.05. The molecule has 2 aromatic rings. The van der Waals surface area contributed by atoms with E-state index in [-0.39, 0.29) is 12.1 Å². The van der Waals surface area contributed by atoms with Gasteiger partial charge in [0.25, 0.3) is 0 Å². The number of aliphatic hydroxyl groups excluding tert-OH is 1. The summed E-state index contributed by atoms with van der Waals surface area (Å²) < 4.78 is 37.6. The number of hydrogen-bond acceptors (Lipinski definition) is 3. The van der Waals surface area contributed by atoms with Gasteiger partial charge in [0.05, 0.1) is 11.7 Å². The maximum Gasteiger partial charge on any atom is 0.416 e. The van der Waals surface area contributed by atoms with Gasteiger partial charge in [-0.3, -0.25) is 9.59 Å². The molecule has 2 amide bonds. The van der Waals surface area contributed by atoms with Gasteiger partial charge < -0.3 is 15.7 Å². The Kier molecular flexibility index (Phi) is 6.22. The van der Waals surface area contributed by atoms with Crippen molar-refractivity contribution in [2.45, 2.75) is 26.1 Å². The van der Waals surface area contributed by atoms with Crippen LogP contribution in [0.3, 0.4) is 0 Å². The van der Waals surface area contributed by atoms with Gasteiger partial charge in [-0.15, -0.1) is 0 Å². The zero-order valence-electron chi connectivity index (χ0n) is 14.7. The molecule has 0 aliphatic carbocycles. The van der Waals surface area contributed by atoms with Crippen molar-refractivity contribution in [3.63, 3.8) is 0 Å². The predicted molar refractivity (Wildman–Crippen MR) is 94.0 cm³/mol. The number of nitrogens with one attached hydrogen (secondary N) is 2. The molecule has 0 heterocycles. The van der Waals surface area contributed by atoms with Crippen molar-refractivity contribution in [1.82, 2.24) is 5.32 Å². The molecule has 0 saturated heterocycles. The van der Waals surface area contributed by atoms with Crippen LogP contribution in [0, 0.1) is 13.8 Å². The van der Waals surface area contributed by atoms with Crippen LogP contribution in [0.2, 0.25) is 0 Å². The summed E-state index contributed by atoms with van der Waals surface area (Å²) in [6, 6.07) is 9.19. The Morgan fingerprint density at radius 3 is 2.26 bits per heavy atom. The van der Waals surface area contributed by atoms with Crippen molar-refractivity contribution in [2.24, 2.45) is 0 Å². The minimum Gasteiger partial charge on any atom is -0.387 e. The van der Waals surface area contributed by atoms with E-state index in [4.69, 9.17) is 0 Å². The molecule has 2 aromatic carbocycles. The number of amides is 2. The van der Waals surface area contributed by atoms with Gasteiger partial charge in [0.1, 0.15) is 0 Å². The molecule has 1 atom stereocenters. The summed E-state index contributed by atoms with van der Waals surface area (Å²) in [5, 5.41) is 14.7. The molecule has 0 aromatic heterocycles. The molecule has 5 nitrogen and oxygen atoms in total. The van der Waals surface area contributed by atoms with Crippen LogP contribution in [-0.2, 0) is 15.8 Å². The maximum absolute atomic E-state index is 12.5. The van der Waals surface area contributed by atoms with E-state index in [1.165, 1.54) is 0 Å². The number of rotatable bonds is 4. The minimum atomic E-state index is -4.47. The summed E-state index contributed by atoms with van der Waals surface area (Å²) in [4.78, 5) is 23.8. The predicted octanol–water partition coefficient (Wildman–Crippen LogP) is 3.11. The molecule has 2 rings (SSSR count). The maximum atomic E-state index is 12.5. The van der Waals surface area contributed by atoms with Crippen molar-refractivity contribution < 1.29 is 27.9 Å². The van der Waals surface area contributed by atoms with Gasteiger partial charge in [-0.2, -0.15) is 13.2 Å². The third kappa shape index (κ3) is 5.30.